The van der Waals surface area contributed by atoms with E-state index in [1.54, 1.807) is 6.92 Å². The van der Waals surface area contributed by atoms with E-state index in [1.165, 1.54) is 12.1 Å². The summed E-state index contributed by atoms with van der Waals surface area (Å²) in [7, 11) is 0. The maximum Gasteiger partial charge on any atom is 0.258 e. The maximum absolute atomic E-state index is 12.8. The van der Waals surface area contributed by atoms with Gasteiger partial charge in [-0.15, -0.1) is 0 Å². The van der Waals surface area contributed by atoms with Crippen LogP contribution in [-0.2, 0) is 10.3 Å². The lowest BCUT2D eigenvalue weighted by molar-refractivity contribution is -0.123. The number of amides is 1. The number of hydrogen-bond acceptors (Lipinski definition) is 3. The molecule has 17 heavy (non-hydrogen) atoms. The second-order valence-corrected chi connectivity index (χ2v) is 3.89. The van der Waals surface area contributed by atoms with Crippen LogP contribution >= 0.6 is 0 Å². The lowest BCUT2D eigenvalue weighted by Gasteiger charge is -2.20. The first kappa shape index (κ1) is 11.5. The summed E-state index contributed by atoms with van der Waals surface area (Å²) in [5, 5.41) is 5.58. The van der Waals surface area contributed by atoms with Gasteiger partial charge in [0.1, 0.15) is 5.82 Å². The van der Waals surface area contributed by atoms with E-state index in [0.717, 1.165) is 6.20 Å². The van der Waals surface area contributed by atoms with E-state index < -0.39 is 11.4 Å². The molecule has 0 aromatic carbocycles. The van der Waals surface area contributed by atoms with E-state index in [1.807, 2.05) is 6.92 Å². The lowest BCUT2D eigenvalue weighted by atomic mass is 9.98. The average molecular weight is 236 g/mol. The van der Waals surface area contributed by atoms with Crippen molar-refractivity contribution in [2.75, 3.05) is 6.54 Å². The van der Waals surface area contributed by atoms with E-state index in [9.17, 15) is 9.18 Å². The summed E-state index contributed by atoms with van der Waals surface area (Å²) in [6, 6.07) is 2.76. The van der Waals surface area contributed by atoms with Gasteiger partial charge in [0.05, 0.1) is 11.9 Å². The number of pyridine rings is 1. The number of nitrogens with one attached hydrogen (secondary N) is 2. The van der Waals surface area contributed by atoms with E-state index >= 15 is 0 Å². The SMILES string of the molecule is CCN=C1NC(=O)C(C)(c2ccc(F)cn2)N1. The van der Waals surface area contributed by atoms with Crippen molar-refractivity contribution in [2.24, 2.45) is 4.99 Å². The van der Waals surface area contributed by atoms with Gasteiger partial charge in [0, 0.05) is 6.54 Å². The number of guanidine groups is 1. The normalized spacial score (nSPS) is 25.8. The van der Waals surface area contributed by atoms with Crippen molar-refractivity contribution >= 4 is 11.9 Å². The second kappa shape index (κ2) is 4.12. The third-order valence-corrected chi connectivity index (χ3v) is 2.61. The van der Waals surface area contributed by atoms with Gasteiger partial charge in [0.15, 0.2) is 11.5 Å². The molecule has 0 aliphatic carbocycles. The molecular weight excluding hydrogens is 223 g/mol. The first-order chi connectivity index (χ1) is 8.06. The van der Waals surface area contributed by atoms with Gasteiger partial charge in [-0.3, -0.25) is 20.1 Å². The Morgan fingerprint density at radius 2 is 2.29 bits per heavy atom. The highest BCUT2D eigenvalue weighted by Gasteiger charge is 2.43. The summed E-state index contributed by atoms with van der Waals surface area (Å²) in [6.45, 7) is 4.11. The molecule has 1 aliphatic heterocycles. The minimum Gasteiger partial charge on any atom is -0.337 e. The Balaban J connectivity index is 2.34. The molecule has 0 radical (unpaired) electrons. The molecular formula is C11H13FN4O. The average Bonchev–Trinajstić information content (AvgIpc) is 2.57. The van der Waals surface area contributed by atoms with Crippen LogP contribution in [0.15, 0.2) is 23.3 Å². The summed E-state index contributed by atoms with van der Waals surface area (Å²) in [4.78, 5) is 19.9. The predicted octanol–water partition coefficient (Wildman–Crippen LogP) is 0.531. The van der Waals surface area contributed by atoms with Gasteiger partial charge >= 0.3 is 0 Å². The van der Waals surface area contributed by atoms with Gasteiger partial charge in [0.25, 0.3) is 5.91 Å². The second-order valence-electron chi connectivity index (χ2n) is 3.89. The minimum atomic E-state index is -0.998. The van der Waals surface area contributed by atoms with Crippen LogP contribution in [0.3, 0.4) is 0 Å². The smallest absolute Gasteiger partial charge is 0.258 e. The minimum absolute atomic E-state index is 0.246. The topological polar surface area (TPSA) is 66.4 Å². The Hall–Kier alpha value is -1.98. The molecule has 2 heterocycles. The number of rotatable bonds is 2. The molecule has 0 bridgehead atoms. The van der Waals surface area contributed by atoms with Crippen molar-refractivity contribution in [3.05, 3.63) is 29.8 Å². The van der Waals surface area contributed by atoms with Crippen molar-refractivity contribution in [1.82, 2.24) is 15.6 Å². The molecule has 1 atom stereocenters. The lowest BCUT2D eigenvalue weighted by Crippen LogP contribution is -2.41. The zero-order chi connectivity index (χ0) is 12.5. The Bertz CT molecular complexity index is 471. The zero-order valence-electron chi connectivity index (χ0n) is 9.62. The van der Waals surface area contributed by atoms with Crippen LogP contribution in [0, 0.1) is 5.82 Å². The largest absolute Gasteiger partial charge is 0.337 e. The monoisotopic (exact) mass is 236 g/mol. The van der Waals surface area contributed by atoms with Crippen molar-refractivity contribution in [3.8, 4) is 0 Å². The Kier molecular flexibility index (Phi) is 2.79. The Labute approximate surface area is 98.2 Å². The molecule has 1 aliphatic rings. The van der Waals surface area contributed by atoms with Crippen molar-refractivity contribution < 1.29 is 9.18 Å². The summed E-state index contributed by atoms with van der Waals surface area (Å²) in [5.74, 6) is -0.256. The van der Waals surface area contributed by atoms with Crippen molar-refractivity contribution in [2.45, 2.75) is 19.4 Å². The molecule has 0 spiro atoms. The number of aliphatic imine (C=N–C) groups is 1. The van der Waals surface area contributed by atoms with Crippen LogP contribution in [0.2, 0.25) is 0 Å². The Morgan fingerprint density at radius 1 is 1.53 bits per heavy atom. The molecule has 1 aromatic heterocycles. The number of carbonyl (C=O) groups excluding carboxylic acids is 1. The van der Waals surface area contributed by atoms with E-state index in [4.69, 9.17) is 0 Å². The fraction of sp³-hybridized carbons (Fsp3) is 0.364. The van der Waals surface area contributed by atoms with E-state index in [2.05, 4.69) is 20.6 Å². The van der Waals surface area contributed by atoms with Gasteiger partial charge in [0.2, 0.25) is 0 Å². The van der Waals surface area contributed by atoms with Crippen LogP contribution in [-0.4, -0.2) is 23.4 Å². The van der Waals surface area contributed by atoms with Gasteiger partial charge in [-0.05, 0) is 26.0 Å². The van der Waals surface area contributed by atoms with Crippen molar-refractivity contribution in [1.29, 1.82) is 0 Å². The number of halogens is 1. The fourth-order valence-corrected chi connectivity index (χ4v) is 1.65. The molecule has 1 amide bonds. The first-order valence-electron chi connectivity index (χ1n) is 5.32. The number of nitrogens with zero attached hydrogens (tertiary/aromatic N) is 2. The third-order valence-electron chi connectivity index (χ3n) is 2.61. The molecule has 5 nitrogen and oxygen atoms in total. The molecule has 0 saturated carbocycles. The maximum atomic E-state index is 12.8. The van der Waals surface area contributed by atoms with Crippen molar-refractivity contribution in [3.63, 3.8) is 0 Å². The van der Waals surface area contributed by atoms with Crippen LogP contribution in [0.5, 0.6) is 0 Å². The number of carbonyl (C=O) groups is 1. The van der Waals surface area contributed by atoms with Gasteiger partial charge in [-0.25, -0.2) is 4.39 Å². The molecule has 2 N–H and O–H groups in total. The highest BCUT2D eigenvalue weighted by molar-refractivity contribution is 6.08. The van der Waals surface area contributed by atoms with Crippen LogP contribution in [0.4, 0.5) is 4.39 Å². The molecule has 1 unspecified atom stereocenters. The number of aromatic nitrogens is 1. The van der Waals surface area contributed by atoms with Gasteiger partial charge in [-0.2, -0.15) is 0 Å². The van der Waals surface area contributed by atoms with Gasteiger partial charge < -0.3 is 5.32 Å². The summed E-state index contributed by atoms with van der Waals surface area (Å²) in [5.41, 5.74) is -0.542. The van der Waals surface area contributed by atoms with Crippen LogP contribution in [0.1, 0.15) is 19.5 Å². The van der Waals surface area contributed by atoms with Crippen LogP contribution in [0.25, 0.3) is 0 Å². The standard InChI is InChI=1S/C11H13FN4O/c1-3-13-10-15-9(17)11(2,16-10)8-5-4-7(12)6-14-8/h4-6H,3H2,1-2H3,(H2,13,15,16,17). The van der Waals surface area contributed by atoms with E-state index in [0.29, 0.717) is 18.2 Å². The molecule has 1 aromatic rings. The molecule has 6 heteroatoms. The molecule has 1 saturated heterocycles. The zero-order valence-corrected chi connectivity index (χ0v) is 9.62. The highest BCUT2D eigenvalue weighted by atomic mass is 19.1. The first-order valence-corrected chi connectivity index (χ1v) is 5.32. The Morgan fingerprint density at radius 3 is 2.88 bits per heavy atom. The third kappa shape index (κ3) is 1.98. The summed E-state index contributed by atoms with van der Waals surface area (Å²) >= 11 is 0. The summed E-state index contributed by atoms with van der Waals surface area (Å²) in [6.07, 6.45) is 1.09. The summed E-state index contributed by atoms with van der Waals surface area (Å²) < 4.78 is 12.8. The highest BCUT2D eigenvalue weighted by Crippen LogP contribution is 2.22. The fourth-order valence-electron chi connectivity index (χ4n) is 1.65. The van der Waals surface area contributed by atoms with Crippen LogP contribution < -0.4 is 10.6 Å². The van der Waals surface area contributed by atoms with E-state index in [-0.39, 0.29) is 5.91 Å². The predicted molar refractivity (Wildman–Crippen MR) is 60.8 cm³/mol. The molecule has 90 valence electrons. The quantitative estimate of drug-likeness (QED) is 0.787. The number of hydrogen-bond donors (Lipinski definition) is 2. The van der Waals surface area contributed by atoms with Gasteiger partial charge in [-0.1, -0.05) is 0 Å². The molecule has 1 fully saturated rings. The molecule has 2 rings (SSSR count).